The zero-order valence-corrected chi connectivity index (χ0v) is 10.4. The van der Waals surface area contributed by atoms with E-state index < -0.39 is 0 Å². The Kier molecular flexibility index (Phi) is 3.05. The number of carbonyl (C=O) groups is 1. The predicted octanol–water partition coefficient (Wildman–Crippen LogP) is 2.90. The highest BCUT2D eigenvalue weighted by atomic mass is 16.2. The van der Waals surface area contributed by atoms with E-state index in [4.69, 9.17) is 0 Å². The normalized spacial score (nSPS) is 21.8. The molecule has 1 aliphatic carbocycles. The molecule has 1 amide bonds. The number of fused-ring (bicyclic) bond motifs is 1. The van der Waals surface area contributed by atoms with E-state index in [1.807, 2.05) is 30.5 Å². The van der Waals surface area contributed by atoms with Crippen LogP contribution in [0.2, 0.25) is 0 Å². The monoisotopic (exact) mass is 242 g/mol. The lowest BCUT2D eigenvalue weighted by Crippen LogP contribution is -2.27. The summed E-state index contributed by atoms with van der Waals surface area (Å²) in [5.74, 6) is -0.000454. The van der Waals surface area contributed by atoms with Crippen LogP contribution in [0.1, 0.15) is 37.7 Å². The lowest BCUT2D eigenvalue weighted by molar-refractivity contribution is -0.110. The molecule has 2 N–H and O–H groups in total. The van der Waals surface area contributed by atoms with Gasteiger partial charge in [0.15, 0.2) is 0 Å². The Balaban J connectivity index is 1.77. The van der Waals surface area contributed by atoms with E-state index in [9.17, 15) is 4.79 Å². The van der Waals surface area contributed by atoms with Crippen LogP contribution in [-0.2, 0) is 4.79 Å². The Morgan fingerprint density at radius 1 is 1.17 bits per heavy atom. The first-order valence-electron chi connectivity index (χ1n) is 6.71. The molecule has 1 aromatic carbocycles. The molecule has 94 valence electrons. The minimum atomic E-state index is -0.000454. The number of anilines is 1. The molecule has 0 aromatic heterocycles. The summed E-state index contributed by atoms with van der Waals surface area (Å²) in [5.41, 5.74) is 2.68. The summed E-state index contributed by atoms with van der Waals surface area (Å²) in [7, 11) is 0. The molecule has 2 aliphatic rings. The highest BCUT2D eigenvalue weighted by molar-refractivity contribution is 6.31. The fraction of sp³-hybridized carbons (Fsp3) is 0.400. The SMILES string of the molecule is O=C1Nc2ccccc2/C1=C/NC1CCCCC1. The number of amides is 1. The topological polar surface area (TPSA) is 41.1 Å². The third-order valence-electron chi connectivity index (χ3n) is 3.78. The van der Waals surface area contributed by atoms with Crippen molar-refractivity contribution in [2.75, 3.05) is 5.32 Å². The van der Waals surface area contributed by atoms with Crippen LogP contribution in [0.5, 0.6) is 0 Å². The summed E-state index contributed by atoms with van der Waals surface area (Å²) in [6, 6.07) is 8.37. The van der Waals surface area contributed by atoms with Crippen LogP contribution in [0.25, 0.3) is 5.57 Å². The highest BCUT2D eigenvalue weighted by Gasteiger charge is 2.23. The number of nitrogens with one attached hydrogen (secondary N) is 2. The number of carbonyl (C=O) groups excluding carboxylic acids is 1. The fourth-order valence-electron chi connectivity index (χ4n) is 2.75. The second-order valence-electron chi connectivity index (χ2n) is 5.06. The summed E-state index contributed by atoms with van der Waals surface area (Å²) in [6.45, 7) is 0. The Morgan fingerprint density at radius 3 is 2.78 bits per heavy atom. The van der Waals surface area contributed by atoms with Gasteiger partial charge in [-0.2, -0.15) is 0 Å². The quantitative estimate of drug-likeness (QED) is 0.783. The van der Waals surface area contributed by atoms with Gasteiger partial charge in [-0.05, 0) is 18.9 Å². The van der Waals surface area contributed by atoms with Gasteiger partial charge in [0.05, 0.1) is 5.57 Å². The van der Waals surface area contributed by atoms with Crippen LogP contribution in [0, 0.1) is 0 Å². The molecule has 18 heavy (non-hydrogen) atoms. The van der Waals surface area contributed by atoms with Crippen molar-refractivity contribution in [1.82, 2.24) is 5.32 Å². The number of para-hydroxylation sites is 1. The van der Waals surface area contributed by atoms with Gasteiger partial charge in [-0.15, -0.1) is 0 Å². The molecule has 0 spiro atoms. The molecule has 1 fully saturated rings. The third-order valence-corrected chi connectivity index (χ3v) is 3.78. The molecule has 0 bridgehead atoms. The van der Waals surface area contributed by atoms with Crippen LogP contribution in [0.4, 0.5) is 5.69 Å². The second-order valence-corrected chi connectivity index (χ2v) is 5.06. The summed E-state index contributed by atoms with van der Waals surface area (Å²) >= 11 is 0. The average Bonchev–Trinajstić information content (AvgIpc) is 2.73. The van der Waals surface area contributed by atoms with Crippen LogP contribution < -0.4 is 10.6 Å². The minimum absolute atomic E-state index is 0.000454. The third kappa shape index (κ3) is 2.13. The zero-order chi connectivity index (χ0) is 12.4. The number of hydrogen-bond acceptors (Lipinski definition) is 2. The van der Waals surface area contributed by atoms with E-state index >= 15 is 0 Å². The van der Waals surface area contributed by atoms with Gasteiger partial charge in [-0.25, -0.2) is 0 Å². The van der Waals surface area contributed by atoms with Gasteiger partial charge in [-0.3, -0.25) is 4.79 Å². The van der Waals surface area contributed by atoms with Gasteiger partial charge >= 0.3 is 0 Å². The Bertz CT molecular complexity index is 487. The molecule has 1 saturated carbocycles. The molecule has 3 rings (SSSR count). The summed E-state index contributed by atoms with van der Waals surface area (Å²) in [6.07, 6.45) is 8.27. The van der Waals surface area contributed by atoms with Crippen LogP contribution in [0.15, 0.2) is 30.5 Å². The molecule has 0 radical (unpaired) electrons. The average molecular weight is 242 g/mol. The summed E-state index contributed by atoms with van der Waals surface area (Å²) in [5, 5.41) is 6.30. The van der Waals surface area contributed by atoms with Gasteiger partial charge < -0.3 is 10.6 Å². The molecule has 3 nitrogen and oxygen atoms in total. The highest BCUT2D eigenvalue weighted by Crippen LogP contribution is 2.30. The van der Waals surface area contributed by atoms with Crippen LogP contribution in [-0.4, -0.2) is 11.9 Å². The fourth-order valence-corrected chi connectivity index (χ4v) is 2.75. The standard InChI is InChI=1S/C15H18N2O/c18-15-13(10-16-11-6-2-1-3-7-11)12-8-4-5-9-14(12)17-15/h4-5,8-11,16H,1-3,6-7H2,(H,17,18)/b13-10-. The zero-order valence-electron chi connectivity index (χ0n) is 10.4. The largest absolute Gasteiger partial charge is 0.388 e. The molecule has 1 heterocycles. The second kappa shape index (κ2) is 4.84. The van der Waals surface area contributed by atoms with Crippen LogP contribution >= 0.6 is 0 Å². The van der Waals surface area contributed by atoms with Crippen molar-refractivity contribution in [3.8, 4) is 0 Å². The van der Waals surface area contributed by atoms with E-state index in [2.05, 4.69) is 10.6 Å². The maximum Gasteiger partial charge on any atom is 0.257 e. The molecule has 1 aliphatic heterocycles. The summed E-state index contributed by atoms with van der Waals surface area (Å²) < 4.78 is 0. The first-order chi connectivity index (χ1) is 8.84. The van der Waals surface area contributed by atoms with Crippen molar-refractivity contribution in [3.63, 3.8) is 0 Å². The summed E-state index contributed by atoms with van der Waals surface area (Å²) in [4.78, 5) is 11.9. The van der Waals surface area contributed by atoms with Crippen molar-refractivity contribution in [3.05, 3.63) is 36.0 Å². The molecular formula is C15H18N2O. The van der Waals surface area contributed by atoms with Gasteiger partial charge in [0.2, 0.25) is 0 Å². The molecular weight excluding hydrogens is 224 g/mol. The van der Waals surface area contributed by atoms with E-state index in [0.717, 1.165) is 16.8 Å². The first kappa shape index (κ1) is 11.3. The van der Waals surface area contributed by atoms with Crippen molar-refractivity contribution in [2.45, 2.75) is 38.1 Å². The van der Waals surface area contributed by atoms with E-state index in [1.165, 1.54) is 32.1 Å². The maximum atomic E-state index is 11.9. The lowest BCUT2D eigenvalue weighted by atomic mass is 9.95. The predicted molar refractivity (Wildman–Crippen MR) is 73.1 cm³/mol. The molecule has 0 atom stereocenters. The maximum absolute atomic E-state index is 11.9. The molecule has 0 unspecified atom stereocenters. The lowest BCUT2D eigenvalue weighted by Gasteiger charge is -2.21. The molecule has 0 saturated heterocycles. The van der Waals surface area contributed by atoms with E-state index in [-0.39, 0.29) is 5.91 Å². The first-order valence-corrected chi connectivity index (χ1v) is 6.71. The number of rotatable bonds is 2. The molecule has 3 heteroatoms. The van der Waals surface area contributed by atoms with Gasteiger partial charge in [0.25, 0.3) is 5.91 Å². The van der Waals surface area contributed by atoms with E-state index in [1.54, 1.807) is 0 Å². The minimum Gasteiger partial charge on any atom is -0.388 e. The Hall–Kier alpha value is -1.77. The van der Waals surface area contributed by atoms with Crippen molar-refractivity contribution >= 4 is 17.2 Å². The van der Waals surface area contributed by atoms with Crippen LogP contribution in [0.3, 0.4) is 0 Å². The number of hydrogen-bond donors (Lipinski definition) is 2. The Labute approximate surface area is 107 Å². The van der Waals surface area contributed by atoms with Crippen molar-refractivity contribution in [1.29, 1.82) is 0 Å². The van der Waals surface area contributed by atoms with E-state index in [0.29, 0.717) is 6.04 Å². The van der Waals surface area contributed by atoms with Gasteiger partial charge in [-0.1, -0.05) is 37.5 Å². The van der Waals surface area contributed by atoms with Crippen molar-refractivity contribution < 1.29 is 4.79 Å². The Morgan fingerprint density at radius 2 is 1.94 bits per heavy atom. The molecule has 1 aromatic rings. The van der Waals surface area contributed by atoms with Crippen molar-refractivity contribution in [2.24, 2.45) is 0 Å². The van der Waals surface area contributed by atoms with Gasteiger partial charge in [0, 0.05) is 23.5 Å². The van der Waals surface area contributed by atoms with Gasteiger partial charge in [0.1, 0.15) is 0 Å². The number of benzene rings is 1. The smallest absolute Gasteiger partial charge is 0.257 e.